The third-order valence-electron chi connectivity index (χ3n) is 12.3. The molecule has 0 bridgehead atoms. The van der Waals surface area contributed by atoms with Crippen molar-refractivity contribution in [3.8, 4) is 17.6 Å². The first-order valence-corrected chi connectivity index (χ1v) is 22.7. The van der Waals surface area contributed by atoms with Gasteiger partial charge < -0.3 is 34.2 Å². The Labute approximate surface area is 369 Å². The number of aliphatic hydroxyl groups is 2. The first kappa shape index (κ1) is 44.7. The number of nitrogens with zero attached hydrogens (tertiary/aromatic N) is 3. The second-order valence-corrected chi connectivity index (χ2v) is 17.3. The summed E-state index contributed by atoms with van der Waals surface area (Å²) in [6.07, 6.45) is 9.00. The molecule has 1 aliphatic heterocycles. The zero-order valence-electron chi connectivity index (χ0n) is 35.4. The van der Waals surface area contributed by atoms with Gasteiger partial charge in [0.1, 0.15) is 24.1 Å². The molecule has 1 amide bonds. The van der Waals surface area contributed by atoms with Gasteiger partial charge in [-0.1, -0.05) is 78.7 Å². The lowest BCUT2D eigenvalue weighted by Crippen LogP contribution is -2.69. The summed E-state index contributed by atoms with van der Waals surface area (Å²) in [5.74, 6) is 0.0981. The van der Waals surface area contributed by atoms with Crippen molar-refractivity contribution >= 4 is 23.4 Å². The molecule has 4 aromatic carbocycles. The number of rotatable bonds is 21. The predicted molar refractivity (Wildman–Crippen MR) is 242 cm³/mol. The van der Waals surface area contributed by atoms with Crippen LogP contribution in [-0.4, -0.2) is 77.8 Å². The number of fused-ring (bicyclic) bond motifs is 2. The van der Waals surface area contributed by atoms with Crippen molar-refractivity contribution in [3.05, 3.63) is 150 Å². The van der Waals surface area contributed by atoms with Gasteiger partial charge in [0.05, 0.1) is 36.5 Å². The molecule has 1 fully saturated rings. The van der Waals surface area contributed by atoms with Crippen LogP contribution in [0.1, 0.15) is 77.9 Å². The zero-order valence-corrected chi connectivity index (χ0v) is 36.3. The van der Waals surface area contributed by atoms with E-state index in [0.29, 0.717) is 36.3 Å². The molecule has 0 aromatic heterocycles. The molecule has 7 rings (SSSR count). The van der Waals surface area contributed by atoms with E-state index in [1.54, 1.807) is 54.1 Å². The Morgan fingerprint density at radius 3 is 2.42 bits per heavy atom. The lowest BCUT2D eigenvalue weighted by atomic mass is 9.55. The molecule has 6 unspecified atom stereocenters. The van der Waals surface area contributed by atoms with Crippen LogP contribution in [0.25, 0.3) is 0 Å². The lowest BCUT2D eigenvalue weighted by Gasteiger charge is -2.59. The Hall–Kier alpha value is -5.38. The Kier molecular flexibility index (Phi) is 15.6. The fraction of sp³-hybridized carbons (Fsp3) is 0.392. The summed E-state index contributed by atoms with van der Waals surface area (Å²) in [6, 6.07) is 34.3. The number of amides is 1. The van der Waals surface area contributed by atoms with E-state index in [0.717, 1.165) is 59.6 Å². The fourth-order valence-corrected chi connectivity index (χ4v) is 10.2. The van der Waals surface area contributed by atoms with Crippen LogP contribution in [0.2, 0.25) is 0 Å². The standard InChI is InChI=1S/C51H57N3O7S/c1-3-28-59-51-47(54(2)50(57)38-22-20-36(34-52)21-23-38)33-45(53-60-35-37-14-6-4-7-15-37)43-31-39(16-10-12-26-55)42(19-11-13-27-56)48(49(43)51)44-32-40(24-25-46(44)61-51)58-29-30-62-41-17-8-5-9-18-41/h3-9,14-15,17-18,20-25,31-32,39,42,47-49,55-56H,1,10-13,16,19,26-30,33,35H2,2H3. The minimum Gasteiger partial charge on any atom is -0.493 e. The molecule has 10 nitrogen and oxygen atoms in total. The number of likely N-dealkylation sites (N-methyl/N-ethyl adjacent to an activating group) is 1. The van der Waals surface area contributed by atoms with Crippen molar-refractivity contribution < 1.29 is 34.1 Å². The molecular formula is C51H57N3O7S. The number of hydrogen-bond donors (Lipinski definition) is 2. The number of carbonyl (C=O) groups excluding carboxylic acids is 1. The second-order valence-electron chi connectivity index (χ2n) is 16.1. The van der Waals surface area contributed by atoms with E-state index in [1.807, 2.05) is 60.7 Å². The summed E-state index contributed by atoms with van der Waals surface area (Å²) in [5, 5.41) is 34.3. The molecule has 0 saturated heterocycles. The van der Waals surface area contributed by atoms with Crippen molar-refractivity contribution in [2.45, 2.75) is 74.2 Å². The van der Waals surface area contributed by atoms with Crippen LogP contribution in [-0.2, 0) is 16.2 Å². The molecule has 6 atom stereocenters. The van der Waals surface area contributed by atoms with Gasteiger partial charge in [-0.2, -0.15) is 5.26 Å². The van der Waals surface area contributed by atoms with Crippen molar-refractivity contribution in [2.75, 3.05) is 39.2 Å². The molecule has 2 N–H and O–H groups in total. The maximum atomic E-state index is 14.6. The number of oxime groups is 1. The molecule has 3 aliphatic rings. The highest BCUT2D eigenvalue weighted by atomic mass is 32.2. The van der Waals surface area contributed by atoms with E-state index in [2.05, 4.69) is 36.9 Å². The summed E-state index contributed by atoms with van der Waals surface area (Å²) < 4.78 is 20.8. The summed E-state index contributed by atoms with van der Waals surface area (Å²) in [6.45, 7) is 5.17. The SMILES string of the molecule is C=CCOC12Oc3ccc(OCCSc4ccccc4)cc3C3C(CCCCO)C(CCCCO)C=C(C(=NOCc4ccccc4)CC1N(C)C(=O)c1ccc(C#N)cc1)C32. The maximum Gasteiger partial charge on any atom is 0.254 e. The fourth-order valence-electron chi connectivity index (χ4n) is 9.44. The number of thioether (sulfide) groups is 1. The van der Waals surface area contributed by atoms with Crippen LogP contribution in [0.4, 0.5) is 0 Å². The molecule has 4 aromatic rings. The van der Waals surface area contributed by atoms with Gasteiger partial charge in [0, 0.05) is 54.4 Å². The Morgan fingerprint density at radius 1 is 0.984 bits per heavy atom. The third-order valence-corrected chi connectivity index (χ3v) is 13.3. The largest absolute Gasteiger partial charge is 0.493 e. The Bertz CT molecular complexity index is 2210. The first-order chi connectivity index (χ1) is 30.4. The number of allylic oxidation sites excluding steroid dienone is 1. The lowest BCUT2D eigenvalue weighted by molar-refractivity contribution is -0.252. The number of benzene rings is 4. The van der Waals surface area contributed by atoms with Gasteiger partial charge in [-0.05, 0) is 103 Å². The van der Waals surface area contributed by atoms with E-state index >= 15 is 0 Å². The van der Waals surface area contributed by atoms with E-state index < -0.39 is 17.7 Å². The van der Waals surface area contributed by atoms with Crippen LogP contribution in [0.15, 0.2) is 137 Å². The van der Waals surface area contributed by atoms with Crippen LogP contribution < -0.4 is 9.47 Å². The number of nitriles is 1. The summed E-state index contributed by atoms with van der Waals surface area (Å²) >= 11 is 1.75. The van der Waals surface area contributed by atoms with Gasteiger partial charge in [0.25, 0.3) is 5.91 Å². The summed E-state index contributed by atoms with van der Waals surface area (Å²) in [7, 11) is 1.78. The van der Waals surface area contributed by atoms with Gasteiger partial charge >= 0.3 is 0 Å². The van der Waals surface area contributed by atoms with Crippen LogP contribution in [0.5, 0.6) is 11.5 Å². The van der Waals surface area contributed by atoms with Crippen molar-refractivity contribution in [1.82, 2.24) is 4.90 Å². The second kappa shape index (κ2) is 21.6. The molecule has 0 spiro atoms. The highest BCUT2D eigenvalue weighted by Gasteiger charge is 2.65. The molecular weight excluding hydrogens is 799 g/mol. The quantitative estimate of drug-likeness (QED) is 0.0364. The van der Waals surface area contributed by atoms with Crippen LogP contribution in [0, 0.1) is 29.1 Å². The number of hydrogen-bond acceptors (Lipinski definition) is 10. The van der Waals surface area contributed by atoms with E-state index in [-0.39, 0.29) is 56.5 Å². The third kappa shape index (κ3) is 10.1. The highest BCUT2D eigenvalue weighted by Crippen LogP contribution is 2.62. The van der Waals surface area contributed by atoms with Gasteiger partial charge in [0.2, 0.25) is 5.79 Å². The Balaban J connectivity index is 1.36. The molecule has 1 saturated carbocycles. The smallest absolute Gasteiger partial charge is 0.254 e. The van der Waals surface area contributed by atoms with Crippen molar-refractivity contribution in [3.63, 3.8) is 0 Å². The molecule has 0 radical (unpaired) electrons. The molecule has 324 valence electrons. The zero-order chi connectivity index (χ0) is 43.3. The number of carbonyl (C=O) groups is 1. The van der Waals surface area contributed by atoms with Crippen LogP contribution in [0.3, 0.4) is 0 Å². The predicted octanol–water partition coefficient (Wildman–Crippen LogP) is 9.34. The number of aliphatic hydroxyl groups excluding tert-OH is 2. The molecule has 1 heterocycles. The Morgan fingerprint density at radius 2 is 1.71 bits per heavy atom. The van der Waals surface area contributed by atoms with E-state index in [1.165, 1.54) is 4.90 Å². The number of unbranched alkanes of at least 4 members (excludes halogenated alkanes) is 2. The minimum absolute atomic E-state index is 0.0806. The normalized spacial score (nSPS) is 22.9. The van der Waals surface area contributed by atoms with Crippen LogP contribution >= 0.6 is 11.8 Å². The van der Waals surface area contributed by atoms with Gasteiger partial charge in [-0.15, -0.1) is 18.3 Å². The number of ether oxygens (including phenoxy) is 3. The van der Waals surface area contributed by atoms with Crippen molar-refractivity contribution in [1.29, 1.82) is 5.26 Å². The first-order valence-electron chi connectivity index (χ1n) is 21.7. The molecule has 2 aliphatic carbocycles. The maximum absolute atomic E-state index is 14.6. The summed E-state index contributed by atoms with van der Waals surface area (Å²) in [4.78, 5) is 23.7. The molecule has 62 heavy (non-hydrogen) atoms. The highest BCUT2D eigenvalue weighted by molar-refractivity contribution is 7.99. The summed E-state index contributed by atoms with van der Waals surface area (Å²) in [5.41, 5.74) is 4.55. The van der Waals surface area contributed by atoms with E-state index in [9.17, 15) is 20.3 Å². The molecule has 11 heteroatoms. The monoisotopic (exact) mass is 855 g/mol. The van der Waals surface area contributed by atoms with Gasteiger partial charge in [-0.3, -0.25) is 4.79 Å². The minimum atomic E-state index is -1.38. The van der Waals surface area contributed by atoms with Crippen molar-refractivity contribution in [2.24, 2.45) is 22.9 Å². The topological polar surface area (TPSA) is 134 Å². The van der Waals surface area contributed by atoms with Gasteiger partial charge in [0.15, 0.2) is 0 Å². The van der Waals surface area contributed by atoms with E-state index in [4.69, 9.17) is 24.2 Å². The average Bonchev–Trinajstić information content (AvgIpc) is 3.31. The van der Waals surface area contributed by atoms with Gasteiger partial charge in [-0.25, -0.2) is 0 Å². The average molecular weight is 856 g/mol.